The van der Waals surface area contributed by atoms with Gasteiger partial charge in [0.15, 0.2) is 17.4 Å². The van der Waals surface area contributed by atoms with Crippen LogP contribution in [0.1, 0.15) is 1.43 Å². The van der Waals surface area contributed by atoms with E-state index in [1.54, 1.807) is 0 Å². The molecule has 0 aromatic rings. The third kappa shape index (κ3) is 22.6. The molecule has 0 aliphatic carbocycles. The maximum Gasteiger partial charge on any atom is 1.00 e. The van der Waals surface area contributed by atoms with Gasteiger partial charge in [-0.25, -0.2) is 0 Å². The fourth-order valence-electron chi connectivity index (χ4n) is 0. The van der Waals surface area contributed by atoms with Crippen LogP contribution >= 0.6 is 8.02 Å². The van der Waals surface area contributed by atoms with Crippen LogP contribution in [0.15, 0.2) is 0 Å². The van der Waals surface area contributed by atoms with E-state index in [0.29, 0.717) is 0 Å². The molecular formula is H9AlGeLiPS. The van der Waals surface area contributed by atoms with E-state index in [4.69, 9.17) is 0 Å². The van der Waals surface area contributed by atoms with Crippen molar-refractivity contribution in [2.75, 3.05) is 0 Å². The van der Waals surface area contributed by atoms with Crippen LogP contribution < -0.4 is 18.9 Å². The van der Waals surface area contributed by atoms with Gasteiger partial charge in [-0.2, -0.15) is 0 Å². The average molecular weight is 179 g/mol. The Bertz CT molecular complexity index is 15.5. The summed E-state index contributed by atoms with van der Waals surface area (Å²) in [6.07, 6.45) is 0. The SMILES string of the molecule is P=S.[AlH3].[GeH4].[H-].[Li+]. The summed E-state index contributed by atoms with van der Waals surface area (Å²) in [5.41, 5.74) is 0. The summed E-state index contributed by atoms with van der Waals surface area (Å²) < 4.78 is 0. The van der Waals surface area contributed by atoms with Crippen molar-refractivity contribution < 1.29 is 20.3 Å². The fourth-order valence-corrected chi connectivity index (χ4v) is 0. The molecule has 0 aromatic carbocycles. The molecule has 5 heteroatoms. The van der Waals surface area contributed by atoms with E-state index >= 15 is 0 Å². The first-order valence-electron chi connectivity index (χ1n) is 0.204. The van der Waals surface area contributed by atoms with Crippen molar-refractivity contribution in [2.24, 2.45) is 0 Å². The van der Waals surface area contributed by atoms with Crippen LogP contribution in [0.25, 0.3) is 0 Å². The van der Waals surface area contributed by atoms with Crippen molar-refractivity contribution in [2.45, 2.75) is 0 Å². The molecule has 0 aromatic heterocycles. The van der Waals surface area contributed by atoms with Crippen LogP contribution in [-0.2, 0) is 11.8 Å². The topological polar surface area (TPSA) is 0 Å². The Morgan fingerprint density at radius 3 is 1.40 bits per heavy atom. The number of hydrogen-bond donors (Lipinski definition) is 0. The molecule has 0 radical (unpaired) electrons. The molecular weight excluding hydrogens is 170 g/mol. The Hall–Kier alpha value is 2.19. The zero-order valence-corrected chi connectivity index (χ0v) is 3.72. The van der Waals surface area contributed by atoms with E-state index in [1.807, 2.05) is 0 Å². The van der Waals surface area contributed by atoms with Gasteiger partial charge >= 0.3 is 36.5 Å². The van der Waals surface area contributed by atoms with Gasteiger partial charge in [-0.3, -0.25) is 0 Å². The van der Waals surface area contributed by atoms with E-state index in [1.165, 1.54) is 0 Å². The molecule has 0 nitrogen and oxygen atoms in total. The Morgan fingerprint density at radius 2 is 1.40 bits per heavy atom. The number of hydrogen-bond acceptors (Lipinski definition) is 1. The fraction of sp³-hybridized carbons (Fsp3) is 0. The molecule has 28 valence electrons. The Kier molecular flexibility index (Phi) is 188. The Morgan fingerprint density at radius 1 is 1.40 bits per heavy atom. The van der Waals surface area contributed by atoms with Crippen molar-refractivity contribution in [1.82, 2.24) is 0 Å². The van der Waals surface area contributed by atoms with Gasteiger partial charge in [0.1, 0.15) is 0 Å². The van der Waals surface area contributed by atoms with Crippen LogP contribution in [-0.4, -0.2) is 35.0 Å². The van der Waals surface area contributed by atoms with E-state index in [2.05, 4.69) is 19.8 Å². The maximum absolute atomic E-state index is 3.89. The van der Waals surface area contributed by atoms with E-state index in [-0.39, 0.29) is 55.2 Å². The molecule has 0 bridgehead atoms. The van der Waals surface area contributed by atoms with E-state index in [0.717, 1.165) is 0 Å². The molecule has 0 saturated heterocycles. The molecule has 0 rings (SSSR count). The summed E-state index contributed by atoms with van der Waals surface area (Å²) in [5.74, 6) is 0. The van der Waals surface area contributed by atoms with E-state index < -0.39 is 0 Å². The number of rotatable bonds is 0. The van der Waals surface area contributed by atoms with Crippen molar-refractivity contribution in [3.63, 3.8) is 0 Å². The largest absolute Gasteiger partial charge is 1.00 e. The summed E-state index contributed by atoms with van der Waals surface area (Å²) in [6, 6.07) is 0. The summed E-state index contributed by atoms with van der Waals surface area (Å²) in [6.45, 7) is 0. The second-order valence-corrected chi connectivity index (χ2v) is 0. The molecule has 0 aliphatic heterocycles. The molecule has 0 saturated carbocycles. The first-order valence-corrected chi connectivity index (χ1v) is 1.84. The van der Waals surface area contributed by atoms with Gasteiger partial charge in [0.2, 0.25) is 0 Å². The molecule has 0 N–H and O–H groups in total. The summed E-state index contributed by atoms with van der Waals surface area (Å²) >= 11 is 3.89. The van der Waals surface area contributed by atoms with Crippen LogP contribution in [0.3, 0.4) is 0 Å². The minimum Gasteiger partial charge on any atom is -1.00 e. The average Bonchev–Trinajstić information content (AvgIpc) is 1.00. The van der Waals surface area contributed by atoms with Gasteiger partial charge in [0.25, 0.3) is 0 Å². The Labute approximate surface area is 74.5 Å². The quantitative estimate of drug-likeness (QED) is 0.265. The zero-order chi connectivity index (χ0) is 2.00. The van der Waals surface area contributed by atoms with Crippen molar-refractivity contribution in [3.05, 3.63) is 0 Å². The molecule has 5 heavy (non-hydrogen) atoms. The molecule has 0 amide bonds. The first kappa shape index (κ1) is 27.1. The van der Waals surface area contributed by atoms with Crippen molar-refractivity contribution in [3.8, 4) is 0 Å². The second kappa shape index (κ2) is 34.7. The van der Waals surface area contributed by atoms with Crippen molar-refractivity contribution in [1.29, 1.82) is 0 Å². The van der Waals surface area contributed by atoms with Gasteiger partial charge in [-0.05, 0) is 8.02 Å². The third-order valence-corrected chi connectivity index (χ3v) is 0. The van der Waals surface area contributed by atoms with Crippen molar-refractivity contribution >= 4 is 54.8 Å². The normalized spacial score (nSPS) is 0.800. The predicted molar refractivity (Wildman–Crippen MR) is 38.1 cm³/mol. The third-order valence-electron chi connectivity index (χ3n) is 0. The second-order valence-electron chi connectivity index (χ2n) is 0. The maximum atomic E-state index is 3.89. The first-order chi connectivity index (χ1) is 1.00. The summed E-state index contributed by atoms with van der Waals surface area (Å²) in [5, 5.41) is 0. The molecule has 0 aliphatic rings. The van der Waals surface area contributed by atoms with Crippen LogP contribution in [0.2, 0.25) is 0 Å². The monoisotopic (exact) mass is 180 g/mol. The molecule has 0 spiro atoms. The Balaban J connectivity index is -0.000000000833. The minimum atomic E-state index is 0. The minimum absolute atomic E-state index is 0. The summed E-state index contributed by atoms with van der Waals surface area (Å²) in [7, 11) is 2.56. The van der Waals surface area contributed by atoms with Gasteiger partial charge in [0.05, 0.1) is 0 Å². The van der Waals surface area contributed by atoms with Crippen LogP contribution in [0.5, 0.6) is 0 Å². The molecule has 0 atom stereocenters. The predicted octanol–water partition coefficient (Wildman–Crippen LogP) is -4.93. The van der Waals surface area contributed by atoms with Gasteiger partial charge in [-0.1, -0.05) is 11.8 Å². The van der Waals surface area contributed by atoms with Crippen LogP contribution in [0, 0.1) is 0 Å². The zero-order valence-electron chi connectivity index (χ0n) is 2.91. The smallest absolute Gasteiger partial charge is 1.00 e. The molecule has 0 heterocycles. The van der Waals surface area contributed by atoms with Crippen LogP contribution in [0.4, 0.5) is 0 Å². The standard InChI is InChI=1S/Al.GeH4.Li.HPS.4H/c;;;1-2;;;;/h;1H4;;1H;;;;/q;;+1;;;;;-1. The van der Waals surface area contributed by atoms with Gasteiger partial charge < -0.3 is 1.43 Å². The molecule has 0 unspecified atom stereocenters. The summed E-state index contributed by atoms with van der Waals surface area (Å²) in [4.78, 5) is 0. The van der Waals surface area contributed by atoms with E-state index in [9.17, 15) is 0 Å². The molecule has 0 fully saturated rings. The van der Waals surface area contributed by atoms with Gasteiger partial charge in [-0.15, -0.1) is 0 Å². The van der Waals surface area contributed by atoms with Gasteiger partial charge in [0, 0.05) is 0 Å².